The van der Waals surface area contributed by atoms with E-state index in [1.165, 1.54) is 16.7 Å². The van der Waals surface area contributed by atoms with Crippen molar-refractivity contribution in [1.82, 2.24) is 9.55 Å². The molecule has 132 valence electrons. The van der Waals surface area contributed by atoms with Crippen LogP contribution in [0.1, 0.15) is 11.4 Å². The predicted molar refractivity (Wildman–Crippen MR) is 108 cm³/mol. The standard InChI is InChI=1S/C22H14ClFN2O/c23-16-4-3-5-18(14-16)26-21(13-10-15-8-11-17(24)12-9-15)25-20-7-2-1-6-19(20)22(26)27/h1-14H/b13-10-. The van der Waals surface area contributed by atoms with E-state index >= 15 is 0 Å². The Hall–Kier alpha value is -3.24. The largest absolute Gasteiger partial charge is 0.268 e. The molecule has 0 spiro atoms. The van der Waals surface area contributed by atoms with E-state index in [-0.39, 0.29) is 11.4 Å². The molecule has 0 saturated carbocycles. The Bertz CT molecular complexity index is 1210. The highest BCUT2D eigenvalue weighted by Crippen LogP contribution is 2.18. The molecule has 4 aromatic rings. The molecule has 0 aliphatic heterocycles. The monoisotopic (exact) mass is 376 g/mol. The van der Waals surface area contributed by atoms with Gasteiger partial charge in [0, 0.05) is 5.02 Å². The highest BCUT2D eigenvalue weighted by molar-refractivity contribution is 6.30. The van der Waals surface area contributed by atoms with Crippen molar-refractivity contribution in [3.05, 3.63) is 105 Å². The van der Waals surface area contributed by atoms with Crippen LogP contribution in [0.25, 0.3) is 28.7 Å². The van der Waals surface area contributed by atoms with Gasteiger partial charge in [-0.3, -0.25) is 9.36 Å². The van der Waals surface area contributed by atoms with Crippen LogP contribution >= 0.6 is 11.6 Å². The fourth-order valence-corrected chi connectivity index (χ4v) is 3.06. The first-order valence-electron chi connectivity index (χ1n) is 8.33. The first-order chi connectivity index (χ1) is 13.1. The minimum Gasteiger partial charge on any atom is -0.268 e. The zero-order valence-electron chi connectivity index (χ0n) is 14.1. The Kier molecular flexibility index (Phi) is 4.57. The molecule has 1 aromatic heterocycles. The highest BCUT2D eigenvalue weighted by Gasteiger charge is 2.11. The van der Waals surface area contributed by atoms with Crippen molar-refractivity contribution < 1.29 is 4.39 Å². The number of rotatable bonds is 3. The molecule has 0 N–H and O–H groups in total. The van der Waals surface area contributed by atoms with Crippen LogP contribution in [-0.2, 0) is 0 Å². The summed E-state index contributed by atoms with van der Waals surface area (Å²) in [5.74, 6) is 0.164. The van der Waals surface area contributed by atoms with Crippen molar-refractivity contribution in [2.75, 3.05) is 0 Å². The van der Waals surface area contributed by atoms with Gasteiger partial charge >= 0.3 is 0 Å². The number of hydrogen-bond acceptors (Lipinski definition) is 2. The normalized spacial score (nSPS) is 11.3. The summed E-state index contributed by atoms with van der Waals surface area (Å²) in [5.41, 5.74) is 1.86. The summed E-state index contributed by atoms with van der Waals surface area (Å²) < 4.78 is 14.6. The maximum absolute atomic E-state index is 13.1. The third-order valence-corrected chi connectivity index (χ3v) is 4.40. The molecule has 4 rings (SSSR count). The number of para-hydroxylation sites is 1. The highest BCUT2D eigenvalue weighted by atomic mass is 35.5. The van der Waals surface area contributed by atoms with Crippen molar-refractivity contribution in [3.63, 3.8) is 0 Å². The lowest BCUT2D eigenvalue weighted by molar-refractivity contribution is 0.628. The maximum Gasteiger partial charge on any atom is 0.266 e. The van der Waals surface area contributed by atoms with Crippen LogP contribution in [0.15, 0.2) is 77.6 Å². The van der Waals surface area contributed by atoms with Crippen LogP contribution in [0.5, 0.6) is 0 Å². The first kappa shape index (κ1) is 17.2. The van der Waals surface area contributed by atoms with Crippen molar-refractivity contribution in [1.29, 1.82) is 0 Å². The van der Waals surface area contributed by atoms with E-state index in [0.29, 0.717) is 27.4 Å². The number of aromatic nitrogens is 2. The lowest BCUT2D eigenvalue weighted by Crippen LogP contribution is -2.22. The van der Waals surface area contributed by atoms with Gasteiger partial charge in [-0.05, 0) is 54.1 Å². The van der Waals surface area contributed by atoms with Gasteiger partial charge in [0.15, 0.2) is 0 Å². The van der Waals surface area contributed by atoms with Crippen LogP contribution in [0.3, 0.4) is 0 Å². The second-order valence-electron chi connectivity index (χ2n) is 5.99. The van der Waals surface area contributed by atoms with Crippen molar-refractivity contribution in [2.24, 2.45) is 0 Å². The van der Waals surface area contributed by atoms with Crippen LogP contribution in [0.2, 0.25) is 5.02 Å². The Morgan fingerprint density at radius 3 is 2.48 bits per heavy atom. The summed E-state index contributed by atoms with van der Waals surface area (Å²) >= 11 is 6.12. The van der Waals surface area contributed by atoms with Gasteiger partial charge in [-0.25, -0.2) is 9.37 Å². The number of benzene rings is 3. The average Bonchev–Trinajstić information content (AvgIpc) is 2.68. The summed E-state index contributed by atoms with van der Waals surface area (Å²) in [4.78, 5) is 17.7. The Balaban J connectivity index is 1.93. The Morgan fingerprint density at radius 2 is 1.70 bits per heavy atom. The predicted octanol–water partition coefficient (Wildman–Crippen LogP) is 5.35. The lowest BCUT2D eigenvalue weighted by Gasteiger charge is -2.11. The van der Waals surface area contributed by atoms with Crippen LogP contribution < -0.4 is 5.56 Å². The van der Waals surface area contributed by atoms with Crippen molar-refractivity contribution in [3.8, 4) is 5.69 Å². The molecule has 0 fully saturated rings. The van der Waals surface area contributed by atoms with Gasteiger partial charge in [-0.15, -0.1) is 0 Å². The molecular weight excluding hydrogens is 363 g/mol. The van der Waals surface area contributed by atoms with Gasteiger partial charge in [-0.2, -0.15) is 0 Å². The van der Waals surface area contributed by atoms with Crippen LogP contribution in [0.4, 0.5) is 4.39 Å². The van der Waals surface area contributed by atoms with Gasteiger partial charge in [0.1, 0.15) is 11.6 Å². The summed E-state index contributed by atoms with van der Waals surface area (Å²) in [6, 6.07) is 20.3. The molecule has 27 heavy (non-hydrogen) atoms. The SMILES string of the molecule is O=c1c2ccccc2nc(/C=C\c2ccc(F)cc2)n1-c1cccc(Cl)c1. The van der Waals surface area contributed by atoms with Gasteiger partial charge in [0.05, 0.1) is 16.6 Å². The maximum atomic E-state index is 13.1. The van der Waals surface area contributed by atoms with Gasteiger partial charge in [0.25, 0.3) is 5.56 Å². The number of halogens is 2. The zero-order valence-corrected chi connectivity index (χ0v) is 14.9. The van der Waals surface area contributed by atoms with E-state index in [1.807, 2.05) is 12.1 Å². The van der Waals surface area contributed by atoms with E-state index < -0.39 is 0 Å². The molecule has 0 amide bonds. The molecule has 0 aliphatic rings. The van der Waals surface area contributed by atoms with E-state index in [2.05, 4.69) is 4.98 Å². The van der Waals surface area contributed by atoms with E-state index in [9.17, 15) is 9.18 Å². The molecule has 0 atom stereocenters. The van der Waals surface area contributed by atoms with E-state index in [1.54, 1.807) is 60.7 Å². The number of nitrogens with zero attached hydrogens (tertiary/aromatic N) is 2. The molecule has 3 nitrogen and oxygen atoms in total. The van der Waals surface area contributed by atoms with Gasteiger partial charge in [-0.1, -0.05) is 48.0 Å². The topological polar surface area (TPSA) is 34.9 Å². The molecule has 1 heterocycles. The summed E-state index contributed by atoms with van der Waals surface area (Å²) in [6.07, 6.45) is 3.53. The molecule has 0 bridgehead atoms. The molecule has 0 aliphatic carbocycles. The fraction of sp³-hybridized carbons (Fsp3) is 0. The Labute approximate surface area is 160 Å². The Morgan fingerprint density at radius 1 is 0.926 bits per heavy atom. The lowest BCUT2D eigenvalue weighted by atomic mass is 10.2. The second kappa shape index (κ2) is 7.17. The summed E-state index contributed by atoms with van der Waals surface area (Å²) in [7, 11) is 0. The smallest absolute Gasteiger partial charge is 0.266 e. The molecule has 0 unspecified atom stereocenters. The molecule has 0 radical (unpaired) electrons. The third kappa shape index (κ3) is 3.52. The molecular formula is C22H14ClFN2O. The second-order valence-corrected chi connectivity index (χ2v) is 6.43. The summed E-state index contributed by atoms with van der Waals surface area (Å²) in [5, 5.41) is 1.05. The number of fused-ring (bicyclic) bond motifs is 1. The molecule has 5 heteroatoms. The fourth-order valence-electron chi connectivity index (χ4n) is 2.87. The van der Waals surface area contributed by atoms with Crippen molar-refractivity contribution >= 4 is 34.7 Å². The van der Waals surface area contributed by atoms with E-state index in [0.717, 1.165) is 5.56 Å². The quantitative estimate of drug-likeness (QED) is 0.483. The zero-order chi connectivity index (χ0) is 18.8. The van der Waals surface area contributed by atoms with E-state index in [4.69, 9.17) is 11.6 Å². The minimum atomic E-state index is -0.299. The van der Waals surface area contributed by atoms with Crippen molar-refractivity contribution in [2.45, 2.75) is 0 Å². The van der Waals surface area contributed by atoms with Gasteiger partial charge < -0.3 is 0 Å². The van der Waals surface area contributed by atoms with Crippen LogP contribution in [-0.4, -0.2) is 9.55 Å². The first-order valence-corrected chi connectivity index (χ1v) is 8.71. The minimum absolute atomic E-state index is 0.179. The molecule has 0 saturated heterocycles. The average molecular weight is 377 g/mol. The van der Waals surface area contributed by atoms with Gasteiger partial charge in [0.2, 0.25) is 0 Å². The summed E-state index contributed by atoms with van der Waals surface area (Å²) in [6.45, 7) is 0. The molecule has 3 aromatic carbocycles. The number of hydrogen-bond donors (Lipinski definition) is 0. The third-order valence-electron chi connectivity index (χ3n) is 4.16. The van der Waals surface area contributed by atoms with Crippen LogP contribution in [0, 0.1) is 5.82 Å².